The van der Waals surface area contributed by atoms with E-state index in [1.54, 1.807) is 7.11 Å². The van der Waals surface area contributed by atoms with Gasteiger partial charge in [0.1, 0.15) is 17.3 Å². The number of halogens is 1. The minimum atomic E-state index is -0.0551. The van der Waals surface area contributed by atoms with Crippen LogP contribution in [-0.2, 0) is 17.9 Å². The molecule has 2 aromatic carbocycles. The number of carbonyl (C=O) groups is 1. The molecule has 0 unspecified atom stereocenters. The van der Waals surface area contributed by atoms with Crippen LogP contribution in [0.3, 0.4) is 0 Å². The number of hydrogen-bond acceptors (Lipinski definition) is 4. The van der Waals surface area contributed by atoms with Crippen LogP contribution in [0.5, 0.6) is 5.75 Å². The second kappa shape index (κ2) is 9.44. The molecule has 0 radical (unpaired) electrons. The first-order valence-electron chi connectivity index (χ1n) is 8.96. The molecular formula is C22H23ClN2O3. The van der Waals surface area contributed by atoms with Gasteiger partial charge in [-0.2, -0.15) is 0 Å². The zero-order valence-electron chi connectivity index (χ0n) is 15.9. The second-order valence-corrected chi connectivity index (χ2v) is 7.01. The van der Waals surface area contributed by atoms with Crippen molar-refractivity contribution in [3.05, 3.63) is 77.0 Å². The van der Waals surface area contributed by atoms with E-state index >= 15 is 0 Å². The first-order valence-corrected chi connectivity index (χ1v) is 9.34. The predicted octanol–water partition coefficient (Wildman–Crippen LogP) is 4.36. The molecule has 0 saturated carbocycles. The number of likely N-dealkylation sites (N-methyl/N-ethyl adjacent to an activating group) is 1. The minimum Gasteiger partial charge on any atom is -0.497 e. The van der Waals surface area contributed by atoms with Crippen molar-refractivity contribution in [1.82, 2.24) is 10.2 Å². The van der Waals surface area contributed by atoms with E-state index in [1.807, 2.05) is 72.6 Å². The third-order valence-electron chi connectivity index (χ3n) is 4.28. The molecule has 0 fully saturated rings. The maximum atomic E-state index is 12.2. The van der Waals surface area contributed by atoms with Crippen molar-refractivity contribution in [3.63, 3.8) is 0 Å². The standard InChI is InChI=1S/C22H23ClN2O3/c1-25(14-16-3-9-19(27-2)10-4-16)15-22(26)24-13-20-11-12-21(28-20)17-5-7-18(23)8-6-17/h3-12H,13-15H2,1-2H3,(H,24,26). The summed E-state index contributed by atoms with van der Waals surface area (Å²) in [5.41, 5.74) is 2.07. The van der Waals surface area contributed by atoms with Gasteiger partial charge in [-0.3, -0.25) is 9.69 Å². The van der Waals surface area contributed by atoms with Gasteiger partial charge < -0.3 is 14.5 Å². The highest BCUT2D eigenvalue weighted by Gasteiger charge is 2.09. The van der Waals surface area contributed by atoms with Crippen LogP contribution in [0.1, 0.15) is 11.3 Å². The topological polar surface area (TPSA) is 54.7 Å². The van der Waals surface area contributed by atoms with E-state index in [-0.39, 0.29) is 5.91 Å². The molecule has 1 heterocycles. The van der Waals surface area contributed by atoms with Crippen LogP contribution < -0.4 is 10.1 Å². The van der Waals surface area contributed by atoms with E-state index in [4.69, 9.17) is 20.8 Å². The Morgan fingerprint density at radius 2 is 1.79 bits per heavy atom. The molecule has 3 rings (SSSR count). The van der Waals surface area contributed by atoms with Gasteiger partial charge in [0.25, 0.3) is 0 Å². The zero-order chi connectivity index (χ0) is 19.9. The van der Waals surface area contributed by atoms with Crippen LogP contribution in [0.15, 0.2) is 65.1 Å². The number of methoxy groups -OCH3 is 1. The average molecular weight is 399 g/mol. The summed E-state index contributed by atoms with van der Waals surface area (Å²) in [4.78, 5) is 14.2. The summed E-state index contributed by atoms with van der Waals surface area (Å²) in [5, 5.41) is 3.57. The molecule has 0 bridgehead atoms. The van der Waals surface area contributed by atoms with Crippen LogP contribution >= 0.6 is 11.6 Å². The number of hydrogen-bond donors (Lipinski definition) is 1. The SMILES string of the molecule is COc1ccc(CN(C)CC(=O)NCc2ccc(-c3ccc(Cl)cc3)o2)cc1. The zero-order valence-corrected chi connectivity index (χ0v) is 16.7. The summed E-state index contributed by atoms with van der Waals surface area (Å²) >= 11 is 5.91. The lowest BCUT2D eigenvalue weighted by Gasteiger charge is -2.16. The van der Waals surface area contributed by atoms with Crippen molar-refractivity contribution in [1.29, 1.82) is 0 Å². The Balaban J connectivity index is 1.46. The molecule has 0 saturated heterocycles. The Hall–Kier alpha value is -2.76. The summed E-state index contributed by atoms with van der Waals surface area (Å²) in [6.45, 7) is 1.33. The lowest BCUT2D eigenvalue weighted by molar-refractivity contribution is -0.122. The first-order chi connectivity index (χ1) is 13.5. The fourth-order valence-corrected chi connectivity index (χ4v) is 2.95. The normalized spacial score (nSPS) is 10.9. The molecular weight excluding hydrogens is 376 g/mol. The highest BCUT2D eigenvalue weighted by Crippen LogP contribution is 2.23. The smallest absolute Gasteiger partial charge is 0.234 e. The molecule has 5 nitrogen and oxygen atoms in total. The van der Waals surface area contributed by atoms with Crippen LogP contribution in [0.2, 0.25) is 5.02 Å². The van der Waals surface area contributed by atoms with Gasteiger partial charge in [-0.25, -0.2) is 0 Å². The third kappa shape index (κ3) is 5.62. The van der Waals surface area contributed by atoms with Crippen molar-refractivity contribution < 1.29 is 13.9 Å². The number of rotatable bonds is 8. The molecule has 6 heteroatoms. The third-order valence-corrected chi connectivity index (χ3v) is 4.53. The Bertz CT molecular complexity index is 904. The molecule has 28 heavy (non-hydrogen) atoms. The van der Waals surface area contributed by atoms with E-state index in [0.29, 0.717) is 30.4 Å². The van der Waals surface area contributed by atoms with Crippen LogP contribution in [-0.4, -0.2) is 31.5 Å². The number of ether oxygens (including phenoxy) is 1. The largest absolute Gasteiger partial charge is 0.497 e. The lowest BCUT2D eigenvalue weighted by atomic mass is 10.2. The minimum absolute atomic E-state index is 0.0551. The molecule has 0 aliphatic heterocycles. The van der Waals surface area contributed by atoms with E-state index in [9.17, 15) is 4.79 Å². The highest BCUT2D eigenvalue weighted by atomic mass is 35.5. The van der Waals surface area contributed by atoms with Gasteiger partial charge in [0.2, 0.25) is 5.91 Å². The molecule has 3 aromatic rings. The Morgan fingerprint density at radius 3 is 2.46 bits per heavy atom. The van der Waals surface area contributed by atoms with Crippen molar-refractivity contribution in [2.45, 2.75) is 13.1 Å². The average Bonchev–Trinajstić information content (AvgIpc) is 3.16. The number of amides is 1. The summed E-state index contributed by atoms with van der Waals surface area (Å²) in [5.74, 6) is 2.22. The second-order valence-electron chi connectivity index (χ2n) is 6.57. The van der Waals surface area contributed by atoms with E-state index in [1.165, 1.54) is 0 Å². The number of nitrogens with one attached hydrogen (secondary N) is 1. The van der Waals surface area contributed by atoms with Crippen molar-refractivity contribution in [2.75, 3.05) is 20.7 Å². The summed E-state index contributed by atoms with van der Waals surface area (Å²) in [6.07, 6.45) is 0. The quantitative estimate of drug-likeness (QED) is 0.612. The van der Waals surface area contributed by atoms with E-state index < -0.39 is 0 Å². The Labute approximate surface area is 169 Å². The Kier molecular flexibility index (Phi) is 6.74. The number of carbonyl (C=O) groups excluding carboxylic acids is 1. The van der Waals surface area contributed by atoms with Gasteiger partial charge in [-0.15, -0.1) is 0 Å². The molecule has 1 aromatic heterocycles. The summed E-state index contributed by atoms with van der Waals surface area (Å²) < 4.78 is 11.0. The van der Waals surface area contributed by atoms with Gasteiger partial charge in [-0.05, 0) is 61.1 Å². The predicted molar refractivity (Wildman–Crippen MR) is 110 cm³/mol. The van der Waals surface area contributed by atoms with Crippen LogP contribution in [0, 0.1) is 0 Å². The van der Waals surface area contributed by atoms with Crippen molar-refractivity contribution in [3.8, 4) is 17.1 Å². The molecule has 146 valence electrons. The highest BCUT2D eigenvalue weighted by molar-refractivity contribution is 6.30. The maximum absolute atomic E-state index is 12.2. The molecule has 1 N–H and O–H groups in total. The number of furan rings is 1. The molecule has 0 aliphatic rings. The van der Waals surface area contributed by atoms with Gasteiger partial charge >= 0.3 is 0 Å². The first kappa shape index (κ1) is 20.0. The van der Waals surface area contributed by atoms with E-state index in [2.05, 4.69) is 5.32 Å². The van der Waals surface area contributed by atoms with Gasteiger partial charge in [0.05, 0.1) is 20.2 Å². The fraction of sp³-hybridized carbons (Fsp3) is 0.227. The fourth-order valence-electron chi connectivity index (χ4n) is 2.83. The van der Waals surface area contributed by atoms with Crippen LogP contribution in [0.4, 0.5) is 0 Å². The molecule has 1 amide bonds. The van der Waals surface area contributed by atoms with E-state index in [0.717, 1.165) is 22.6 Å². The Morgan fingerprint density at radius 1 is 1.07 bits per heavy atom. The monoisotopic (exact) mass is 398 g/mol. The summed E-state index contributed by atoms with van der Waals surface area (Å²) in [7, 11) is 3.55. The molecule has 0 spiro atoms. The summed E-state index contributed by atoms with van der Waals surface area (Å²) in [6, 6.07) is 19.0. The van der Waals surface area contributed by atoms with Crippen LogP contribution in [0.25, 0.3) is 11.3 Å². The van der Waals surface area contributed by atoms with Crippen molar-refractivity contribution in [2.24, 2.45) is 0 Å². The molecule has 0 aliphatic carbocycles. The van der Waals surface area contributed by atoms with Gasteiger partial charge in [0, 0.05) is 17.1 Å². The van der Waals surface area contributed by atoms with Gasteiger partial charge in [0.15, 0.2) is 0 Å². The number of nitrogens with zero attached hydrogens (tertiary/aromatic N) is 1. The lowest BCUT2D eigenvalue weighted by Crippen LogP contribution is -2.34. The van der Waals surface area contributed by atoms with Gasteiger partial charge in [-0.1, -0.05) is 23.7 Å². The molecule has 0 atom stereocenters. The maximum Gasteiger partial charge on any atom is 0.234 e. The van der Waals surface area contributed by atoms with Crippen molar-refractivity contribution >= 4 is 17.5 Å². The number of benzene rings is 2.